The van der Waals surface area contributed by atoms with Crippen molar-refractivity contribution in [1.82, 2.24) is 20.2 Å². The summed E-state index contributed by atoms with van der Waals surface area (Å²) in [6, 6.07) is 7.77. The number of β-amino-alcohol motifs (C(OH)–C–C–N with tert-alkyl or cyclic N) is 1. The van der Waals surface area contributed by atoms with Gasteiger partial charge in [-0.15, -0.1) is 0 Å². The summed E-state index contributed by atoms with van der Waals surface area (Å²) in [6.07, 6.45) is 12.2. The topological polar surface area (TPSA) is 99.6 Å². The fourth-order valence-electron chi connectivity index (χ4n) is 4.55. The van der Waals surface area contributed by atoms with Gasteiger partial charge in [0.1, 0.15) is 11.9 Å². The Morgan fingerprint density at radius 1 is 1.21 bits per heavy atom. The number of likely N-dealkylation sites (tertiary alicyclic amines) is 1. The van der Waals surface area contributed by atoms with Crippen LogP contribution in [0.2, 0.25) is 0 Å². The second kappa shape index (κ2) is 13.0. The maximum Gasteiger partial charge on any atom is 0.247 e. The average molecular weight is 514 g/mol. The molecule has 0 radical (unpaired) electrons. The zero-order chi connectivity index (χ0) is 26.9. The molecule has 1 aromatic heterocycles. The van der Waals surface area contributed by atoms with Crippen LogP contribution in [-0.2, 0) is 4.79 Å². The molecule has 1 aliphatic heterocycles. The number of nitrogens with one attached hydrogen (secondary N) is 2. The van der Waals surface area contributed by atoms with Gasteiger partial charge in [0.15, 0.2) is 0 Å². The van der Waals surface area contributed by atoms with Gasteiger partial charge in [-0.25, -0.2) is 9.97 Å². The predicted octanol–water partition coefficient (Wildman–Crippen LogP) is 4.62. The van der Waals surface area contributed by atoms with Crippen molar-refractivity contribution in [3.8, 4) is 5.75 Å². The molecule has 2 aliphatic rings. The standard InChI is InChI=1S/C30H35N5O3/c1-4-22-20-31-30(34-29(22)21(3)23-7-6-8-25(19-23)32-28(37)5-2)33-24-9-11-26(12-10-24)38-27-13-15-35(16-14-27)17-18-36/h4-5,8-12,19-20,27,36H,1-3,6-7,13-18H2,(H,32,37)(H,31,33,34). The first-order chi connectivity index (χ1) is 18.5. The Morgan fingerprint density at radius 2 is 1.97 bits per heavy atom. The Labute approximate surface area is 224 Å². The van der Waals surface area contributed by atoms with Crippen LogP contribution in [0, 0.1) is 0 Å². The molecule has 1 aliphatic carbocycles. The monoisotopic (exact) mass is 513 g/mol. The zero-order valence-electron chi connectivity index (χ0n) is 21.7. The van der Waals surface area contributed by atoms with E-state index in [0.717, 1.165) is 79.2 Å². The lowest BCUT2D eigenvalue weighted by Crippen LogP contribution is -2.39. The Balaban J connectivity index is 1.42. The number of carbonyl (C=O) groups excluding carboxylic acids is 1. The predicted molar refractivity (Wildman–Crippen MR) is 152 cm³/mol. The molecule has 1 aromatic carbocycles. The summed E-state index contributed by atoms with van der Waals surface area (Å²) in [6.45, 7) is 14.5. The maximum absolute atomic E-state index is 11.7. The fourth-order valence-corrected chi connectivity index (χ4v) is 4.55. The number of benzene rings is 1. The highest BCUT2D eigenvalue weighted by Crippen LogP contribution is 2.31. The zero-order valence-corrected chi connectivity index (χ0v) is 21.7. The number of nitrogens with zero attached hydrogens (tertiary/aromatic N) is 3. The minimum atomic E-state index is -0.250. The highest BCUT2D eigenvalue weighted by atomic mass is 16.5. The molecular formula is C30H35N5O3. The van der Waals surface area contributed by atoms with Gasteiger partial charge < -0.3 is 25.4 Å². The van der Waals surface area contributed by atoms with Gasteiger partial charge in [0.25, 0.3) is 0 Å². The van der Waals surface area contributed by atoms with Crippen molar-refractivity contribution >= 4 is 29.2 Å². The number of piperidine rings is 1. The van der Waals surface area contributed by atoms with Crippen molar-refractivity contribution in [3.63, 3.8) is 0 Å². The van der Waals surface area contributed by atoms with Crippen molar-refractivity contribution in [3.05, 3.63) is 91.0 Å². The van der Waals surface area contributed by atoms with Crippen molar-refractivity contribution in [1.29, 1.82) is 0 Å². The molecule has 2 aromatic rings. The summed E-state index contributed by atoms with van der Waals surface area (Å²) >= 11 is 0. The summed E-state index contributed by atoms with van der Waals surface area (Å²) in [5, 5.41) is 15.2. The van der Waals surface area contributed by atoms with Gasteiger partial charge in [0.05, 0.1) is 12.3 Å². The number of allylic oxidation sites excluding steroid dienone is 4. The normalized spacial score (nSPS) is 16.1. The number of hydrogen-bond acceptors (Lipinski definition) is 7. The van der Waals surface area contributed by atoms with Gasteiger partial charge in [-0.1, -0.05) is 31.9 Å². The first-order valence-electron chi connectivity index (χ1n) is 12.9. The van der Waals surface area contributed by atoms with Gasteiger partial charge in [-0.3, -0.25) is 4.79 Å². The number of rotatable bonds is 11. The maximum atomic E-state index is 11.7. The van der Waals surface area contributed by atoms with Crippen LogP contribution in [0.25, 0.3) is 11.6 Å². The van der Waals surface area contributed by atoms with Gasteiger partial charge in [-0.05, 0) is 73.2 Å². The van der Waals surface area contributed by atoms with Gasteiger partial charge >= 0.3 is 0 Å². The van der Waals surface area contributed by atoms with E-state index in [1.165, 1.54) is 6.08 Å². The summed E-state index contributed by atoms with van der Waals surface area (Å²) in [5.74, 6) is 1.02. The molecular weight excluding hydrogens is 478 g/mol. The molecule has 0 atom stereocenters. The third kappa shape index (κ3) is 7.06. The van der Waals surface area contributed by atoms with E-state index in [1.807, 2.05) is 36.4 Å². The van der Waals surface area contributed by atoms with Crippen LogP contribution in [0.4, 0.5) is 11.6 Å². The Morgan fingerprint density at radius 3 is 2.66 bits per heavy atom. The first-order valence-corrected chi connectivity index (χ1v) is 12.9. The molecule has 8 heteroatoms. The van der Waals surface area contributed by atoms with Crippen molar-refractivity contribution in [2.24, 2.45) is 0 Å². The molecule has 4 rings (SSSR count). The van der Waals surface area contributed by atoms with E-state index in [4.69, 9.17) is 14.8 Å². The van der Waals surface area contributed by atoms with Crippen LogP contribution >= 0.6 is 0 Å². The van der Waals surface area contributed by atoms with Crippen molar-refractivity contribution in [2.45, 2.75) is 31.8 Å². The summed E-state index contributed by atoms with van der Waals surface area (Å²) in [4.78, 5) is 23.2. The minimum absolute atomic E-state index is 0.182. The van der Waals surface area contributed by atoms with Crippen LogP contribution in [-0.4, -0.2) is 58.2 Å². The molecule has 0 bridgehead atoms. The fraction of sp³-hybridized carbons (Fsp3) is 0.300. The molecule has 38 heavy (non-hydrogen) atoms. The molecule has 1 saturated heterocycles. The van der Waals surface area contributed by atoms with Crippen LogP contribution in [0.15, 0.2) is 79.7 Å². The molecule has 198 valence electrons. The van der Waals surface area contributed by atoms with Gasteiger partial charge in [0, 0.05) is 42.8 Å². The summed E-state index contributed by atoms with van der Waals surface area (Å²) < 4.78 is 6.16. The van der Waals surface area contributed by atoms with Crippen molar-refractivity contribution < 1.29 is 14.6 Å². The van der Waals surface area contributed by atoms with Crippen LogP contribution in [0.3, 0.4) is 0 Å². The quantitative estimate of drug-likeness (QED) is 0.377. The van der Waals surface area contributed by atoms with E-state index in [2.05, 4.69) is 40.3 Å². The smallest absolute Gasteiger partial charge is 0.247 e. The second-order valence-electron chi connectivity index (χ2n) is 9.27. The highest BCUT2D eigenvalue weighted by molar-refractivity contribution is 5.89. The molecule has 0 spiro atoms. The van der Waals surface area contributed by atoms with E-state index in [-0.39, 0.29) is 18.6 Å². The number of amides is 1. The molecule has 2 heterocycles. The molecule has 1 amide bonds. The number of hydrogen-bond donors (Lipinski definition) is 3. The first kappa shape index (κ1) is 27.0. The minimum Gasteiger partial charge on any atom is -0.490 e. The van der Waals surface area contributed by atoms with E-state index in [1.54, 1.807) is 12.3 Å². The number of anilines is 2. The van der Waals surface area contributed by atoms with E-state index >= 15 is 0 Å². The van der Waals surface area contributed by atoms with Crippen LogP contribution in [0.1, 0.15) is 36.9 Å². The summed E-state index contributed by atoms with van der Waals surface area (Å²) in [5.41, 5.74) is 4.78. The lowest BCUT2D eigenvalue weighted by atomic mass is 9.93. The molecule has 8 nitrogen and oxygen atoms in total. The number of aliphatic hydroxyl groups excluding tert-OH is 1. The van der Waals surface area contributed by atoms with Crippen molar-refractivity contribution in [2.75, 3.05) is 31.6 Å². The van der Waals surface area contributed by atoms with E-state index in [9.17, 15) is 4.79 Å². The number of carbonyl (C=O) groups is 1. The molecule has 3 N–H and O–H groups in total. The second-order valence-corrected chi connectivity index (χ2v) is 9.27. The number of ether oxygens (including phenoxy) is 1. The molecule has 0 saturated carbocycles. The van der Waals surface area contributed by atoms with E-state index < -0.39 is 0 Å². The number of aliphatic hydroxyl groups is 1. The largest absolute Gasteiger partial charge is 0.490 e. The van der Waals surface area contributed by atoms with Gasteiger partial charge in [0.2, 0.25) is 11.9 Å². The third-order valence-electron chi connectivity index (χ3n) is 6.64. The Kier molecular flexibility index (Phi) is 9.24. The Bertz CT molecular complexity index is 1240. The van der Waals surface area contributed by atoms with Crippen LogP contribution < -0.4 is 15.4 Å². The SMILES string of the molecule is C=CC(=O)NC1=CCCC(C(=C)c2nc(Nc3ccc(OC4CCN(CCO)CC4)cc3)ncc2C=C)=C1. The third-order valence-corrected chi connectivity index (χ3v) is 6.64. The van der Waals surface area contributed by atoms with Gasteiger partial charge in [-0.2, -0.15) is 0 Å². The Hall–Kier alpha value is -4.01. The number of aromatic nitrogens is 2. The lowest BCUT2D eigenvalue weighted by Gasteiger charge is -2.31. The van der Waals surface area contributed by atoms with Crippen LogP contribution in [0.5, 0.6) is 5.75 Å². The summed E-state index contributed by atoms with van der Waals surface area (Å²) in [7, 11) is 0. The molecule has 1 fully saturated rings. The highest BCUT2D eigenvalue weighted by Gasteiger charge is 2.20. The molecule has 0 unspecified atom stereocenters. The lowest BCUT2D eigenvalue weighted by molar-refractivity contribution is -0.115. The average Bonchev–Trinajstić information content (AvgIpc) is 2.95. The van der Waals surface area contributed by atoms with E-state index in [0.29, 0.717) is 11.6 Å².